The fourth-order valence-electron chi connectivity index (χ4n) is 4.36. The summed E-state index contributed by atoms with van der Waals surface area (Å²) in [5.41, 5.74) is 2.68. The Morgan fingerprint density at radius 2 is 1.84 bits per heavy atom. The van der Waals surface area contributed by atoms with Crippen molar-refractivity contribution in [2.45, 2.75) is 19.4 Å². The van der Waals surface area contributed by atoms with Crippen molar-refractivity contribution in [3.63, 3.8) is 0 Å². The topological polar surface area (TPSA) is 77.6 Å². The number of hydrogen-bond acceptors (Lipinski definition) is 5. The third-order valence-electron chi connectivity index (χ3n) is 5.79. The van der Waals surface area contributed by atoms with E-state index in [-0.39, 0.29) is 12.5 Å². The molecular formula is C25H23N3O4. The van der Waals surface area contributed by atoms with Crippen molar-refractivity contribution in [3.05, 3.63) is 84.3 Å². The summed E-state index contributed by atoms with van der Waals surface area (Å²) < 4.78 is 13.0. The second kappa shape index (κ2) is 8.34. The summed E-state index contributed by atoms with van der Waals surface area (Å²) >= 11 is 0. The molecule has 3 heterocycles. The number of para-hydroxylation sites is 2. The lowest BCUT2D eigenvalue weighted by atomic mass is 9.93. The molecule has 2 aromatic carbocycles. The Bertz CT molecular complexity index is 1250. The van der Waals surface area contributed by atoms with Crippen molar-refractivity contribution in [1.29, 1.82) is 0 Å². The number of benzene rings is 2. The van der Waals surface area contributed by atoms with Crippen LogP contribution in [-0.2, 0) is 20.7 Å². The van der Waals surface area contributed by atoms with Gasteiger partial charge in [-0.1, -0.05) is 42.5 Å². The molecule has 7 nitrogen and oxygen atoms in total. The number of fused-ring (bicyclic) bond motifs is 3. The molecule has 5 rings (SSSR count). The lowest BCUT2D eigenvalue weighted by Gasteiger charge is -2.36. The van der Waals surface area contributed by atoms with Crippen LogP contribution in [0.4, 0.5) is 5.95 Å². The molecule has 1 aliphatic rings. The predicted octanol–water partition coefficient (Wildman–Crippen LogP) is 3.99. The SMILES string of the molecule is CCOC(=O)C1C(=O)N(CCc2ccccc2)c2nc3ccccc3n2C1c1ccco1. The van der Waals surface area contributed by atoms with Gasteiger partial charge in [0.1, 0.15) is 11.8 Å². The molecule has 0 saturated carbocycles. The standard InChI is InChI=1S/C25H23N3O4/c1-2-31-24(30)21-22(20-13-8-16-32-20)28-19-12-7-6-11-18(19)26-25(28)27(23(21)29)15-14-17-9-4-3-5-10-17/h3-13,16,21-22H,2,14-15H2,1H3. The Hall–Kier alpha value is -3.87. The average molecular weight is 429 g/mol. The number of hydrogen-bond donors (Lipinski definition) is 0. The number of imidazole rings is 1. The molecule has 0 radical (unpaired) electrons. The Morgan fingerprint density at radius 1 is 1.06 bits per heavy atom. The van der Waals surface area contributed by atoms with Gasteiger partial charge < -0.3 is 9.15 Å². The number of anilines is 1. The van der Waals surface area contributed by atoms with E-state index < -0.39 is 17.9 Å². The number of furan rings is 1. The molecule has 32 heavy (non-hydrogen) atoms. The number of carbonyl (C=O) groups is 2. The molecule has 2 aromatic heterocycles. The van der Waals surface area contributed by atoms with E-state index in [1.54, 1.807) is 30.2 Å². The maximum Gasteiger partial charge on any atom is 0.321 e. The highest BCUT2D eigenvalue weighted by molar-refractivity contribution is 6.08. The number of nitrogens with zero attached hydrogens (tertiary/aromatic N) is 3. The Kier molecular flexibility index (Phi) is 5.23. The van der Waals surface area contributed by atoms with Gasteiger partial charge in [-0.2, -0.15) is 0 Å². The highest BCUT2D eigenvalue weighted by atomic mass is 16.5. The highest BCUT2D eigenvalue weighted by Crippen LogP contribution is 2.41. The van der Waals surface area contributed by atoms with Crippen LogP contribution in [0.5, 0.6) is 0 Å². The zero-order chi connectivity index (χ0) is 22.1. The largest absolute Gasteiger partial charge is 0.467 e. The van der Waals surface area contributed by atoms with E-state index in [0.717, 1.165) is 16.6 Å². The van der Waals surface area contributed by atoms with E-state index in [9.17, 15) is 9.59 Å². The lowest BCUT2D eigenvalue weighted by molar-refractivity contribution is -0.153. The van der Waals surface area contributed by atoms with Gasteiger partial charge in [-0.05, 0) is 43.2 Å². The van der Waals surface area contributed by atoms with Crippen LogP contribution >= 0.6 is 0 Å². The summed E-state index contributed by atoms with van der Waals surface area (Å²) in [7, 11) is 0. The fourth-order valence-corrected chi connectivity index (χ4v) is 4.36. The monoisotopic (exact) mass is 429 g/mol. The first kappa shape index (κ1) is 20.1. The highest BCUT2D eigenvalue weighted by Gasteiger charge is 2.48. The number of rotatable bonds is 6. The molecule has 4 aromatic rings. The number of carbonyl (C=O) groups excluding carboxylic acids is 2. The number of esters is 1. The summed E-state index contributed by atoms with van der Waals surface area (Å²) in [6.45, 7) is 2.32. The first-order valence-corrected chi connectivity index (χ1v) is 10.7. The molecule has 0 spiro atoms. The number of aromatic nitrogens is 2. The summed E-state index contributed by atoms with van der Waals surface area (Å²) in [6.07, 6.45) is 2.18. The minimum atomic E-state index is -1.07. The van der Waals surface area contributed by atoms with Gasteiger partial charge in [0.15, 0.2) is 5.92 Å². The van der Waals surface area contributed by atoms with Crippen molar-refractivity contribution < 1.29 is 18.7 Å². The number of amides is 1. The van der Waals surface area contributed by atoms with E-state index in [2.05, 4.69) is 0 Å². The van der Waals surface area contributed by atoms with Gasteiger partial charge in [0.05, 0.1) is 23.9 Å². The summed E-state index contributed by atoms with van der Waals surface area (Å²) in [5, 5.41) is 0. The van der Waals surface area contributed by atoms with Crippen LogP contribution < -0.4 is 4.90 Å². The van der Waals surface area contributed by atoms with Gasteiger partial charge in [0.25, 0.3) is 0 Å². The molecule has 0 aliphatic carbocycles. The van der Waals surface area contributed by atoms with Crippen molar-refractivity contribution in [3.8, 4) is 0 Å². The maximum absolute atomic E-state index is 13.7. The molecule has 1 amide bonds. The van der Waals surface area contributed by atoms with Gasteiger partial charge in [0.2, 0.25) is 11.9 Å². The minimum absolute atomic E-state index is 0.190. The van der Waals surface area contributed by atoms with Crippen LogP contribution in [0.3, 0.4) is 0 Å². The zero-order valence-corrected chi connectivity index (χ0v) is 17.7. The van der Waals surface area contributed by atoms with Crippen molar-refractivity contribution >= 4 is 28.9 Å². The van der Waals surface area contributed by atoms with E-state index in [1.165, 1.54) is 0 Å². The first-order chi connectivity index (χ1) is 15.7. The fraction of sp³-hybridized carbons (Fsp3) is 0.240. The van der Waals surface area contributed by atoms with Crippen LogP contribution in [-0.4, -0.2) is 34.6 Å². The number of ether oxygens (including phenoxy) is 1. The molecule has 0 fully saturated rings. The van der Waals surface area contributed by atoms with Gasteiger partial charge in [-0.3, -0.25) is 19.1 Å². The second-order valence-corrected chi connectivity index (χ2v) is 7.69. The van der Waals surface area contributed by atoms with Crippen molar-refractivity contribution in [1.82, 2.24) is 9.55 Å². The molecule has 0 N–H and O–H groups in total. The van der Waals surface area contributed by atoms with E-state index in [0.29, 0.717) is 24.7 Å². The van der Waals surface area contributed by atoms with Crippen LogP contribution in [0.1, 0.15) is 24.3 Å². The quantitative estimate of drug-likeness (QED) is 0.342. The van der Waals surface area contributed by atoms with Gasteiger partial charge in [-0.25, -0.2) is 4.98 Å². The summed E-state index contributed by atoms with van der Waals surface area (Å²) in [5.74, 6) is -0.935. The Morgan fingerprint density at radius 3 is 2.59 bits per heavy atom. The predicted molar refractivity (Wildman–Crippen MR) is 119 cm³/mol. The Labute approximate surface area is 185 Å². The van der Waals surface area contributed by atoms with Crippen LogP contribution in [0, 0.1) is 5.92 Å². The van der Waals surface area contributed by atoms with Gasteiger partial charge >= 0.3 is 5.97 Å². The van der Waals surface area contributed by atoms with E-state index in [1.807, 2.05) is 59.2 Å². The zero-order valence-electron chi connectivity index (χ0n) is 17.7. The average Bonchev–Trinajstić information content (AvgIpc) is 3.47. The molecule has 1 aliphatic heterocycles. The Balaban J connectivity index is 1.66. The molecule has 7 heteroatoms. The van der Waals surface area contributed by atoms with Crippen molar-refractivity contribution in [2.24, 2.45) is 5.92 Å². The third kappa shape index (κ3) is 3.36. The third-order valence-corrected chi connectivity index (χ3v) is 5.79. The molecule has 162 valence electrons. The molecular weight excluding hydrogens is 406 g/mol. The van der Waals surface area contributed by atoms with Crippen LogP contribution in [0.25, 0.3) is 11.0 Å². The second-order valence-electron chi connectivity index (χ2n) is 7.69. The van der Waals surface area contributed by atoms with E-state index in [4.69, 9.17) is 14.1 Å². The molecule has 2 atom stereocenters. The normalized spacial score (nSPS) is 18.0. The van der Waals surface area contributed by atoms with Crippen molar-refractivity contribution in [2.75, 3.05) is 18.1 Å². The summed E-state index contributed by atoms with van der Waals surface area (Å²) in [6, 6.07) is 20.5. The maximum atomic E-state index is 13.7. The van der Waals surface area contributed by atoms with Gasteiger partial charge in [0, 0.05) is 6.54 Å². The lowest BCUT2D eigenvalue weighted by Crippen LogP contribution is -2.50. The summed E-state index contributed by atoms with van der Waals surface area (Å²) in [4.78, 5) is 33.2. The smallest absolute Gasteiger partial charge is 0.321 e. The molecule has 0 bridgehead atoms. The van der Waals surface area contributed by atoms with E-state index >= 15 is 0 Å². The van der Waals surface area contributed by atoms with Crippen LogP contribution in [0.15, 0.2) is 77.4 Å². The van der Waals surface area contributed by atoms with Gasteiger partial charge in [-0.15, -0.1) is 0 Å². The molecule has 2 unspecified atom stereocenters. The molecule has 0 saturated heterocycles. The first-order valence-electron chi connectivity index (χ1n) is 10.7. The minimum Gasteiger partial charge on any atom is -0.467 e. The van der Waals surface area contributed by atoms with Crippen LogP contribution in [0.2, 0.25) is 0 Å².